The molecular formula is C22H29N3O. The van der Waals surface area contributed by atoms with Crippen LogP contribution >= 0.6 is 0 Å². The predicted octanol–water partition coefficient (Wildman–Crippen LogP) is 5.16. The molecular weight excluding hydrogens is 322 g/mol. The first kappa shape index (κ1) is 16.4. The van der Waals surface area contributed by atoms with E-state index >= 15 is 0 Å². The minimum Gasteiger partial charge on any atom is -0.356 e. The molecule has 2 fully saturated rings. The largest absolute Gasteiger partial charge is 0.356 e. The van der Waals surface area contributed by atoms with Crippen LogP contribution in [0, 0.1) is 18.8 Å². The highest BCUT2D eigenvalue weighted by Gasteiger charge is 2.29. The van der Waals surface area contributed by atoms with Crippen molar-refractivity contribution in [1.82, 2.24) is 14.6 Å². The van der Waals surface area contributed by atoms with E-state index in [0.717, 1.165) is 23.1 Å². The Labute approximate surface area is 155 Å². The topological polar surface area (TPSA) is 34.2 Å². The maximum atomic E-state index is 5.44. The van der Waals surface area contributed by atoms with Gasteiger partial charge in [-0.1, -0.05) is 12.1 Å². The summed E-state index contributed by atoms with van der Waals surface area (Å²) in [5.41, 5.74) is 3.23. The average molecular weight is 351 g/mol. The molecule has 2 aromatic heterocycles. The summed E-state index contributed by atoms with van der Waals surface area (Å²) in [5.74, 6) is 1.78. The van der Waals surface area contributed by atoms with Gasteiger partial charge in [0.2, 0.25) is 0 Å². The van der Waals surface area contributed by atoms with Gasteiger partial charge in [0.15, 0.2) is 5.58 Å². The quantitative estimate of drug-likeness (QED) is 0.653. The molecule has 1 aromatic carbocycles. The summed E-state index contributed by atoms with van der Waals surface area (Å²) < 4.78 is 7.95. The fourth-order valence-electron chi connectivity index (χ4n) is 5.23. The first-order chi connectivity index (χ1) is 12.7. The Morgan fingerprint density at radius 1 is 1.12 bits per heavy atom. The molecule has 3 aromatic rings. The number of aromatic nitrogens is 2. The number of hydrogen-bond donors (Lipinski definition) is 0. The van der Waals surface area contributed by atoms with Crippen molar-refractivity contribution in [3.05, 3.63) is 30.1 Å². The van der Waals surface area contributed by atoms with Crippen molar-refractivity contribution in [2.24, 2.45) is 11.8 Å². The third kappa shape index (κ3) is 2.75. The molecule has 2 atom stereocenters. The average Bonchev–Trinajstić information content (AvgIpc) is 3.35. The van der Waals surface area contributed by atoms with E-state index in [1.165, 1.54) is 68.0 Å². The Morgan fingerprint density at radius 2 is 1.96 bits per heavy atom. The Hall–Kier alpha value is -1.81. The van der Waals surface area contributed by atoms with Gasteiger partial charge >= 0.3 is 0 Å². The Kier molecular flexibility index (Phi) is 4.04. The molecule has 1 saturated heterocycles. The van der Waals surface area contributed by atoms with Crippen LogP contribution in [0.4, 0.5) is 0 Å². The molecule has 5 rings (SSSR count). The maximum Gasteiger partial charge on any atom is 0.167 e. The maximum absolute atomic E-state index is 5.44. The van der Waals surface area contributed by atoms with Crippen molar-refractivity contribution in [1.29, 1.82) is 0 Å². The van der Waals surface area contributed by atoms with Crippen LogP contribution in [0.3, 0.4) is 0 Å². The van der Waals surface area contributed by atoms with Gasteiger partial charge in [0, 0.05) is 29.7 Å². The van der Waals surface area contributed by atoms with E-state index in [9.17, 15) is 0 Å². The number of nitrogens with zero attached hydrogens (tertiary/aromatic N) is 3. The lowest BCUT2D eigenvalue weighted by atomic mass is 9.97. The van der Waals surface area contributed by atoms with E-state index in [1.807, 2.05) is 6.92 Å². The van der Waals surface area contributed by atoms with Gasteiger partial charge in [-0.2, -0.15) is 0 Å². The highest BCUT2D eigenvalue weighted by atomic mass is 16.5. The lowest BCUT2D eigenvalue weighted by Gasteiger charge is -2.32. The Bertz CT molecular complexity index is 916. The van der Waals surface area contributed by atoms with E-state index in [1.54, 1.807) is 0 Å². The first-order valence-corrected chi connectivity index (χ1v) is 10.3. The molecule has 1 aliphatic carbocycles. The van der Waals surface area contributed by atoms with Crippen molar-refractivity contribution in [2.75, 3.05) is 19.6 Å². The summed E-state index contributed by atoms with van der Waals surface area (Å²) >= 11 is 0. The van der Waals surface area contributed by atoms with Crippen LogP contribution in [0.1, 0.15) is 50.8 Å². The smallest absolute Gasteiger partial charge is 0.167 e. The molecule has 3 heterocycles. The molecule has 2 aliphatic rings. The summed E-state index contributed by atoms with van der Waals surface area (Å²) in [5, 5.41) is 6.61. The van der Waals surface area contributed by atoms with Gasteiger partial charge < -0.3 is 14.0 Å². The number of piperidine rings is 1. The number of aryl methyl sites for hydroxylation is 1. The molecule has 0 N–H and O–H groups in total. The number of fused-ring (bicyclic) bond motifs is 3. The molecule has 1 saturated carbocycles. The molecule has 0 radical (unpaired) electrons. The minimum absolute atomic E-state index is 0.638. The van der Waals surface area contributed by atoms with Gasteiger partial charge in [0.25, 0.3) is 0 Å². The summed E-state index contributed by atoms with van der Waals surface area (Å²) in [6.45, 7) is 8.35. The van der Waals surface area contributed by atoms with Crippen molar-refractivity contribution < 1.29 is 4.52 Å². The second-order valence-electron chi connectivity index (χ2n) is 8.68. The lowest BCUT2D eigenvalue weighted by Crippen LogP contribution is -2.36. The van der Waals surface area contributed by atoms with Gasteiger partial charge in [-0.25, -0.2) is 0 Å². The van der Waals surface area contributed by atoms with Crippen LogP contribution in [0.15, 0.2) is 28.9 Å². The second-order valence-corrected chi connectivity index (χ2v) is 8.68. The third-order valence-corrected chi connectivity index (χ3v) is 6.81. The number of hydrogen-bond acceptors (Lipinski definition) is 3. The number of likely N-dealkylation sites (tertiary alicyclic amines) is 1. The Balaban J connectivity index is 1.34. The summed E-state index contributed by atoms with van der Waals surface area (Å²) in [4.78, 5) is 2.71. The van der Waals surface area contributed by atoms with Gasteiger partial charge in [-0.05, 0) is 82.2 Å². The molecule has 0 spiro atoms. The molecule has 0 amide bonds. The lowest BCUT2D eigenvalue weighted by molar-refractivity contribution is 0.166. The molecule has 4 nitrogen and oxygen atoms in total. The number of rotatable bonds is 3. The van der Waals surface area contributed by atoms with Crippen LogP contribution in [0.5, 0.6) is 0 Å². The van der Waals surface area contributed by atoms with Crippen molar-refractivity contribution in [3.8, 4) is 0 Å². The third-order valence-electron chi connectivity index (χ3n) is 6.81. The standard InChI is InChI=1S/C22H29N3O/c1-15-7-10-24(11-8-15)14-17-3-4-18(13-17)25-12-9-19-20(25)5-6-21-22(19)16(2)23-26-21/h5-6,9,12,15,17-18H,3-4,7-8,10-11,13-14H2,1-2H3. The Morgan fingerprint density at radius 3 is 2.81 bits per heavy atom. The highest BCUT2D eigenvalue weighted by molar-refractivity contribution is 6.06. The van der Waals surface area contributed by atoms with Gasteiger partial charge in [0.1, 0.15) is 0 Å². The second kappa shape index (κ2) is 6.41. The summed E-state index contributed by atoms with van der Waals surface area (Å²) in [6, 6.07) is 7.18. The fraction of sp³-hybridized carbons (Fsp3) is 0.591. The van der Waals surface area contributed by atoms with E-state index in [-0.39, 0.29) is 0 Å². The zero-order chi connectivity index (χ0) is 17.7. The van der Waals surface area contributed by atoms with Gasteiger partial charge in [-0.3, -0.25) is 0 Å². The molecule has 4 heteroatoms. The van der Waals surface area contributed by atoms with Crippen LogP contribution in [-0.4, -0.2) is 34.3 Å². The van der Waals surface area contributed by atoms with Crippen LogP contribution in [0.25, 0.3) is 21.9 Å². The van der Waals surface area contributed by atoms with Crippen LogP contribution in [-0.2, 0) is 0 Å². The van der Waals surface area contributed by atoms with Gasteiger partial charge in [0.05, 0.1) is 11.1 Å². The van der Waals surface area contributed by atoms with Crippen LogP contribution in [0.2, 0.25) is 0 Å². The zero-order valence-corrected chi connectivity index (χ0v) is 15.9. The van der Waals surface area contributed by atoms with Crippen molar-refractivity contribution in [2.45, 2.75) is 52.0 Å². The van der Waals surface area contributed by atoms with Gasteiger partial charge in [-0.15, -0.1) is 0 Å². The normalized spacial score (nSPS) is 25.6. The predicted molar refractivity (Wildman–Crippen MR) is 105 cm³/mol. The minimum atomic E-state index is 0.638. The highest BCUT2D eigenvalue weighted by Crippen LogP contribution is 2.39. The summed E-state index contributed by atoms with van der Waals surface area (Å²) in [7, 11) is 0. The fourth-order valence-corrected chi connectivity index (χ4v) is 5.23. The SMILES string of the molecule is Cc1noc2ccc3c(ccn3C3CCC(CN4CCC(C)CC4)C3)c12. The van der Waals surface area contributed by atoms with E-state index in [0.29, 0.717) is 6.04 Å². The van der Waals surface area contributed by atoms with E-state index < -0.39 is 0 Å². The molecule has 138 valence electrons. The summed E-state index contributed by atoms with van der Waals surface area (Å²) in [6.07, 6.45) is 9.03. The van der Waals surface area contributed by atoms with Crippen molar-refractivity contribution >= 4 is 21.9 Å². The first-order valence-electron chi connectivity index (χ1n) is 10.3. The molecule has 1 aliphatic heterocycles. The van der Waals surface area contributed by atoms with E-state index in [4.69, 9.17) is 4.52 Å². The van der Waals surface area contributed by atoms with Crippen LogP contribution < -0.4 is 0 Å². The molecule has 0 bridgehead atoms. The zero-order valence-electron chi connectivity index (χ0n) is 15.9. The van der Waals surface area contributed by atoms with Crippen molar-refractivity contribution in [3.63, 3.8) is 0 Å². The monoisotopic (exact) mass is 351 g/mol. The molecule has 26 heavy (non-hydrogen) atoms. The van der Waals surface area contributed by atoms with E-state index in [2.05, 4.69) is 45.9 Å². The number of benzene rings is 1. The molecule has 2 unspecified atom stereocenters.